The molecule has 1 aliphatic rings. The first-order chi connectivity index (χ1) is 9.83. The summed E-state index contributed by atoms with van der Waals surface area (Å²) in [4.78, 5) is 0. The number of hydrogen-bond donors (Lipinski definition) is 2. The summed E-state index contributed by atoms with van der Waals surface area (Å²) in [6, 6.07) is 8.34. The Hall–Kier alpha value is -1.95. The third-order valence-corrected chi connectivity index (χ3v) is 3.96. The van der Waals surface area contributed by atoms with Gasteiger partial charge in [0.25, 0.3) is 0 Å². The van der Waals surface area contributed by atoms with Crippen LogP contribution < -0.4 is 11.1 Å². The Morgan fingerprint density at radius 1 is 1.15 bits per heavy atom. The summed E-state index contributed by atoms with van der Waals surface area (Å²) < 4.78 is 1.79. The van der Waals surface area contributed by atoms with Crippen LogP contribution in [-0.4, -0.2) is 26.2 Å². The van der Waals surface area contributed by atoms with Crippen LogP contribution >= 0.6 is 0 Å². The topological polar surface area (TPSA) is 86.2 Å². The molecule has 0 radical (unpaired) electrons. The first-order valence-electron chi connectivity index (χ1n) is 7.29. The smallest absolute Gasteiger partial charge is 0.210 e. The van der Waals surface area contributed by atoms with Gasteiger partial charge in [-0.3, -0.25) is 0 Å². The second kappa shape index (κ2) is 6.00. The number of nitrogens with two attached hydrogens (primary N) is 2. The minimum atomic E-state index is 0.723. The van der Waals surface area contributed by atoms with E-state index in [0.717, 1.165) is 29.8 Å². The summed E-state index contributed by atoms with van der Waals surface area (Å²) in [5, 5.41) is 14.4. The Kier molecular flexibility index (Phi) is 3.92. The van der Waals surface area contributed by atoms with E-state index in [1.807, 2.05) is 24.3 Å². The zero-order valence-corrected chi connectivity index (χ0v) is 11.6. The summed E-state index contributed by atoms with van der Waals surface area (Å²) in [5.74, 6) is 0.889. The van der Waals surface area contributed by atoms with E-state index in [0.29, 0.717) is 0 Å². The van der Waals surface area contributed by atoms with Gasteiger partial charge in [0.05, 0.1) is 11.7 Å². The van der Waals surface area contributed by atoms with Crippen LogP contribution in [0.3, 0.4) is 0 Å². The molecule has 1 saturated carbocycles. The molecule has 0 amide bonds. The van der Waals surface area contributed by atoms with Gasteiger partial charge in [0.2, 0.25) is 5.82 Å². The number of tetrazole rings is 1. The van der Waals surface area contributed by atoms with Crippen molar-refractivity contribution in [2.75, 3.05) is 5.73 Å². The summed E-state index contributed by atoms with van der Waals surface area (Å²) in [7, 11) is 0. The molecule has 6 nitrogen and oxygen atoms in total. The molecule has 0 spiro atoms. The minimum absolute atomic E-state index is 0.723. The lowest BCUT2D eigenvalue weighted by atomic mass is 9.95. The first kappa shape index (κ1) is 13.1. The van der Waals surface area contributed by atoms with Crippen molar-refractivity contribution < 1.29 is 5.32 Å². The highest BCUT2D eigenvalue weighted by Crippen LogP contribution is 2.15. The molecule has 1 heterocycles. The number of benzene rings is 1. The van der Waals surface area contributed by atoms with E-state index >= 15 is 0 Å². The van der Waals surface area contributed by atoms with E-state index in [2.05, 4.69) is 20.8 Å². The molecular weight excluding hydrogens is 252 g/mol. The van der Waals surface area contributed by atoms with E-state index in [1.165, 1.54) is 32.1 Å². The van der Waals surface area contributed by atoms with E-state index in [-0.39, 0.29) is 0 Å². The standard InChI is InChI=1S/C14H20N6/c15-11-6-8-13(9-7-11)20-14(17-18-19-20)10-16-12-4-2-1-3-5-12/h6-9,12,16H,1-5,10,15H2/p+1. The fourth-order valence-corrected chi connectivity index (χ4v) is 2.79. The second-order valence-electron chi connectivity index (χ2n) is 5.44. The van der Waals surface area contributed by atoms with Crippen LogP contribution in [0.2, 0.25) is 0 Å². The molecule has 4 N–H and O–H groups in total. The number of anilines is 1. The average molecular weight is 273 g/mol. The number of nitrogens with zero attached hydrogens (tertiary/aromatic N) is 4. The first-order valence-corrected chi connectivity index (χ1v) is 7.29. The highest BCUT2D eigenvalue weighted by molar-refractivity contribution is 5.44. The maximum absolute atomic E-state index is 5.71. The quantitative estimate of drug-likeness (QED) is 0.800. The zero-order valence-electron chi connectivity index (χ0n) is 11.6. The fourth-order valence-electron chi connectivity index (χ4n) is 2.79. The van der Waals surface area contributed by atoms with Crippen molar-refractivity contribution in [3.63, 3.8) is 0 Å². The van der Waals surface area contributed by atoms with E-state index < -0.39 is 0 Å². The van der Waals surface area contributed by atoms with Crippen LogP contribution in [0.5, 0.6) is 0 Å². The van der Waals surface area contributed by atoms with Crippen LogP contribution in [0.15, 0.2) is 24.3 Å². The maximum Gasteiger partial charge on any atom is 0.210 e. The molecule has 0 unspecified atom stereocenters. The lowest BCUT2D eigenvalue weighted by molar-refractivity contribution is -0.707. The van der Waals surface area contributed by atoms with Gasteiger partial charge < -0.3 is 11.1 Å². The highest BCUT2D eigenvalue weighted by atomic mass is 15.5. The molecule has 2 aromatic rings. The maximum atomic E-state index is 5.71. The molecule has 106 valence electrons. The predicted molar refractivity (Wildman–Crippen MR) is 76.1 cm³/mol. The lowest BCUT2D eigenvalue weighted by Crippen LogP contribution is -2.89. The monoisotopic (exact) mass is 273 g/mol. The molecule has 1 aromatic heterocycles. The van der Waals surface area contributed by atoms with Crippen molar-refractivity contribution >= 4 is 5.69 Å². The number of quaternary nitrogens is 1. The third kappa shape index (κ3) is 2.96. The van der Waals surface area contributed by atoms with Crippen LogP contribution in [0.4, 0.5) is 5.69 Å². The van der Waals surface area contributed by atoms with Gasteiger partial charge in [0.15, 0.2) is 0 Å². The van der Waals surface area contributed by atoms with Gasteiger partial charge in [0.1, 0.15) is 6.54 Å². The van der Waals surface area contributed by atoms with Gasteiger partial charge in [-0.2, -0.15) is 4.68 Å². The van der Waals surface area contributed by atoms with Gasteiger partial charge in [-0.15, -0.1) is 5.10 Å². The predicted octanol–water partition coefficient (Wildman–Crippen LogP) is 0.641. The Labute approximate surface area is 118 Å². The van der Waals surface area contributed by atoms with Crippen molar-refractivity contribution in [1.29, 1.82) is 0 Å². The van der Waals surface area contributed by atoms with Gasteiger partial charge in [0, 0.05) is 5.69 Å². The molecule has 0 atom stereocenters. The fraction of sp³-hybridized carbons (Fsp3) is 0.500. The minimum Gasteiger partial charge on any atom is -0.399 e. The largest absolute Gasteiger partial charge is 0.399 e. The molecule has 20 heavy (non-hydrogen) atoms. The zero-order chi connectivity index (χ0) is 13.8. The average Bonchev–Trinajstić information content (AvgIpc) is 2.95. The van der Waals surface area contributed by atoms with Crippen LogP contribution in [0.1, 0.15) is 37.9 Å². The third-order valence-electron chi connectivity index (χ3n) is 3.96. The number of hydrogen-bond acceptors (Lipinski definition) is 4. The Bertz CT molecular complexity index is 541. The van der Waals surface area contributed by atoms with Crippen LogP contribution in [0, 0.1) is 0 Å². The normalized spacial score (nSPS) is 16.4. The molecule has 0 saturated heterocycles. The lowest BCUT2D eigenvalue weighted by Gasteiger charge is -2.19. The van der Waals surface area contributed by atoms with Gasteiger partial charge in [-0.05, 0) is 60.4 Å². The molecule has 0 aliphatic heterocycles. The molecule has 3 rings (SSSR count). The SMILES string of the molecule is Nc1ccc(-n2nnnc2C[NH2+]C2CCCCC2)cc1. The molecule has 1 aromatic carbocycles. The van der Waals surface area contributed by atoms with Gasteiger partial charge >= 0.3 is 0 Å². The van der Waals surface area contributed by atoms with Gasteiger partial charge in [-0.1, -0.05) is 6.42 Å². The summed E-state index contributed by atoms with van der Waals surface area (Å²) in [6.07, 6.45) is 6.70. The Morgan fingerprint density at radius 2 is 1.90 bits per heavy atom. The highest BCUT2D eigenvalue weighted by Gasteiger charge is 2.18. The van der Waals surface area contributed by atoms with E-state index in [4.69, 9.17) is 5.73 Å². The molecule has 0 bridgehead atoms. The van der Waals surface area contributed by atoms with Crippen LogP contribution in [-0.2, 0) is 6.54 Å². The van der Waals surface area contributed by atoms with Gasteiger partial charge in [-0.25, -0.2) is 0 Å². The van der Waals surface area contributed by atoms with Crippen molar-refractivity contribution in [2.45, 2.75) is 44.7 Å². The van der Waals surface area contributed by atoms with E-state index in [1.54, 1.807) is 4.68 Å². The molecule has 1 fully saturated rings. The van der Waals surface area contributed by atoms with Crippen molar-refractivity contribution in [2.24, 2.45) is 0 Å². The summed E-state index contributed by atoms with van der Waals surface area (Å²) in [5.41, 5.74) is 7.41. The van der Waals surface area contributed by atoms with Crippen molar-refractivity contribution in [3.05, 3.63) is 30.1 Å². The molecule has 6 heteroatoms. The Morgan fingerprint density at radius 3 is 2.65 bits per heavy atom. The molecular formula is C14H21N6+. The second-order valence-corrected chi connectivity index (χ2v) is 5.44. The van der Waals surface area contributed by atoms with Crippen molar-refractivity contribution in [1.82, 2.24) is 20.2 Å². The van der Waals surface area contributed by atoms with Crippen molar-refractivity contribution in [3.8, 4) is 5.69 Å². The van der Waals surface area contributed by atoms with Crippen LogP contribution in [0.25, 0.3) is 5.69 Å². The summed E-state index contributed by atoms with van der Waals surface area (Å²) in [6.45, 7) is 0.821. The number of aromatic nitrogens is 4. The Balaban J connectivity index is 1.68. The summed E-state index contributed by atoms with van der Waals surface area (Å²) >= 11 is 0. The molecule has 1 aliphatic carbocycles. The number of nitrogen functional groups attached to an aromatic ring is 1. The van der Waals surface area contributed by atoms with E-state index in [9.17, 15) is 0 Å². The number of rotatable bonds is 4.